The van der Waals surface area contributed by atoms with Crippen molar-refractivity contribution in [3.63, 3.8) is 0 Å². The smallest absolute Gasteiger partial charge is 0.255 e. The Hall–Kier alpha value is -2.37. The molecule has 0 saturated carbocycles. The van der Waals surface area contributed by atoms with Crippen LogP contribution < -0.4 is 10.6 Å². The van der Waals surface area contributed by atoms with Gasteiger partial charge in [0, 0.05) is 22.9 Å². The van der Waals surface area contributed by atoms with Crippen molar-refractivity contribution in [1.29, 1.82) is 0 Å². The van der Waals surface area contributed by atoms with Gasteiger partial charge in [-0.05, 0) is 69.4 Å². The predicted octanol–water partition coefficient (Wildman–Crippen LogP) is 3.01. The maximum Gasteiger partial charge on any atom is 0.255 e. The van der Waals surface area contributed by atoms with Crippen LogP contribution >= 0.6 is 0 Å². The molecule has 1 heterocycles. The highest BCUT2D eigenvalue weighted by Crippen LogP contribution is 2.22. The van der Waals surface area contributed by atoms with Crippen LogP contribution in [0, 0.1) is 5.92 Å². The van der Waals surface area contributed by atoms with Crippen LogP contribution in [0.1, 0.15) is 23.2 Å². The second-order valence-electron chi connectivity index (χ2n) is 6.63. The first-order chi connectivity index (χ1) is 12.1. The summed E-state index contributed by atoms with van der Waals surface area (Å²) in [5, 5.41) is 16.4. The molecule has 5 nitrogen and oxygen atoms in total. The molecule has 0 aliphatic carbocycles. The Labute approximate surface area is 148 Å². The van der Waals surface area contributed by atoms with Crippen molar-refractivity contribution >= 4 is 17.3 Å². The minimum atomic E-state index is -0.558. The molecule has 1 atom stereocenters. The number of hydrogen-bond acceptors (Lipinski definition) is 4. The number of anilines is 2. The molecule has 1 fully saturated rings. The van der Waals surface area contributed by atoms with Gasteiger partial charge in [0.25, 0.3) is 5.91 Å². The van der Waals surface area contributed by atoms with Crippen molar-refractivity contribution in [1.82, 2.24) is 4.90 Å². The summed E-state index contributed by atoms with van der Waals surface area (Å²) >= 11 is 0. The number of likely N-dealkylation sites (tertiary alicyclic amines) is 1. The van der Waals surface area contributed by atoms with Crippen LogP contribution in [0.3, 0.4) is 0 Å². The molecule has 1 amide bonds. The second-order valence-corrected chi connectivity index (χ2v) is 6.63. The average Bonchev–Trinajstić information content (AvgIpc) is 2.63. The summed E-state index contributed by atoms with van der Waals surface area (Å²) in [5.74, 6) is 0.117. The van der Waals surface area contributed by atoms with Gasteiger partial charge in [0.1, 0.15) is 6.23 Å². The van der Waals surface area contributed by atoms with Gasteiger partial charge in [0.2, 0.25) is 0 Å². The Morgan fingerprint density at radius 2 is 1.68 bits per heavy atom. The Bertz CT molecular complexity index is 680. The lowest BCUT2D eigenvalue weighted by atomic mass is 9.95. The van der Waals surface area contributed by atoms with Crippen molar-refractivity contribution in [3.05, 3.63) is 60.2 Å². The third-order valence-corrected chi connectivity index (χ3v) is 4.70. The van der Waals surface area contributed by atoms with Crippen LogP contribution in [-0.2, 0) is 0 Å². The summed E-state index contributed by atoms with van der Waals surface area (Å²) in [7, 11) is 2.11. The number of carbonyl (C=O) groups excluding carboxylic acids is 1. The van der Waals surface area contributed by atoms with Crippen LogP contribution in [0.4, 0.5) is 11.4 Å². The topological polar surface area (TPSA) is 64.6 Å². The minimum Gasteiger partial charge on any atom is -0.374 e. The molecule has 25 heavy (non-hydrogen) atoms. The van der Waals surface area contributed by atoms with Gasteiger partial charge in [-0.2, -0.15) is 0 Å². The Morgan fingerprint density at radius 1 is 1.04 bits per heavy atom. The van der Waals surface area contributed by atoms with Gasteiger partial charge in [-0.25, -0.2) is 0 Å². The van der Waals surface area contributed by atoms with Gasteiger partial charge < -0.3 is 20.6 Å². The van der Waals surface area contributed by atoms with Gasteiger partial charge >= 0.3 is 0 Å². The monoisotopic (exact) mass is 339 g/mol. The average molecular weight is 339 g/mol. The number of aliphatic hydroxyl groups is 1. The maximum atomic E-state index is 12.2. The SMILES string of the molecule is CN1CCC(C(O)Nc2ccc(C(=O)Nc3ccccc3)cc2)CC1. The molecule has 2 aromatic rings. The van der Waals surface area contributed by atoms with E-state index in [1.54, 1.807) is 12.1 Å². The second kappa shape index (κ2) is 8.14. The number of benzene rings is 2. The normalized spacial score (nSPS) is 17.0. The van der Waals surface area contributed by atoms with E-state index < -0.39 is 6.23 Å². The van der Waals surface area contributed by atoms with E-state index in [1.807, 2.05) is 42.5 Å². The van der Waals surface area contributed by atoms with E-state index in [2.05, 4.69) is 22.6 Å². The van der Waals surface area contributed by atoms with Crippen LogP contribution in [0.15, 0.2) is 54.6 Å². The van der Waals surface area contributed by atoms with E-state index >= 15 is 0 Å². The quantitative estimate of drug-likeness (QED) is 0.733. The van der Waals surface area contributed by atoms with Crippen LogP contribution in [-0.4, -0.2) is 42.3 Å². The molecule has 1 saturated heterocycles. The zero-order valence-electron chi connectivity index (χ0n) is 14.5. The molecule has 1 aliphatic heterocycles. The predicted molar refractivity (Wildman–Crippen MR) is 101 cm³/mol. The highest BCUT2D eigenvalue weighted by molar-refractivity contribution is 6.04. The molecule has 1 unspecified atom stereocenters. The number of carbonyl (C=O) groups is 1. The third kappa shape index (κ3) is 4.81. The van der Waals surface area contributed by atoms with E-state index in [9.17, 15) is 9.90 Å². The van der Waals surface area contributed by atoms with Crippen molar-refractivity contribution in [2.75, 3.05) is 30.8 Å². The summed E-state index contributed by atoms with van der Waals surface area (Å²) in [6, 6.07) is 16.6. The van der Waals surface area contributed by atoms with E-state index in [4.69, 9.17) is 0 Å². The lowest BCUT2D eigenvalue weighted by molar-refractivity contribution is 0.0860. The van der Waals surface area contributed by atoms with Gasteiger partial charge in [-0.1, -0.05) is 18.2 Å². The summed E-state index contributed by atoms with van der Waals surface area (Å²) in [4.78, 5) is 14.5. The molecule has 2 aromatic carbocycles. The highest BCUT2D eigenvalue weighted by Gasteiger charge is 2.23. The number of piperidine rings is 1. The van der Waals surface area contributed by atoms with Crippen molar-refractivity contribution < 1.29 is 9.90 Å². The van der Waals surface area contributed by atoms with Gasteiger partial charge in [0.15, 0.2) is 0 Å². The van der Waals surface area contributed by atoms with E-state index in [1.165, 1.54) is 0 Å². The first-order valence-electron chi connectivity index (χ1n) is 8.71. The fourth-order valence-electron chi connectivity index (χ4n) is 3.08. The van der Waals surface area contributed by atoms with E-state index in [0.29, 0.717) is 5.56 Å². The number of nitrogens with one attached hydrogen (secondary N) is 2. The van der Waals surface area contributed by atoms with Crippen LogP contribution in [0.2, 0.25) is 0 Å². The highest BCUT2D eigenvalue weighted by atomic mass is 16.3. The largest absolute Gasteiger partial charge is 0.374 e. The maximum absolute atomic E-state index is 12.2. The molecule has 0 spiro atoms. The number of para-hydroxylation sites is 1. The minimum absolute atomic E-state index is 0.145. The van der Waals surface area contributed by atoms with E-state index in [0.717, 1.165) is 37.3 Å². The Morgan fingerprint density at radius 3 is 2.32 bits per heavy atom. The summed E-state index contributed by atoms with van der Waals surface area (Å²) < 4.78 is 0. The first-order valence-corrected chi connectivity index (χ1v) is 8.71. The standard InChI is InChI=1S/C20H25N3O2/c1-23-13-11-16(12-14-23)20(25)22-18-9-7-15(8-10-18)19(24)21-17-5-3-2-4-6-17/h2-10,16,20,22,25H,11-14H2,1H3,(H,21,24). The Kier molecular flexibility index (Phi) is 5.68. The van der Waals surface area contributed by atoms with Gasteiger partial charge in [-0.15, -0.1) is 0 Å². The molecule has 0 bridgehead atoms. The number of hydrogen-bond donors (Lipinski definition) is 3. The Balaban J connectivity index is 1.55. The third-order valence-electron chi connectivity index (χ3n) is 4.70. The first kappa shape index (κ1) is 17.5. The van der Waals surface area contributed by atoms with Crippen molar-refractivity contribution in [2.45, 2.75) is 19.1 Å². The van der Waals surface area contributed by atoms with Crippen LogP contribution in [0.25, 0.3) is 0 Å². The summed E-state index contributed by atoms with van der Waals surface area (Å²) in [6.45, 7) is 2.03. The molecule has 5 heteroatoms. The van der Waals surface area contributed by atoms with Crippen LogP contribution in [0.5, 0.6) is 0 Å². The summed E-state index contributed by atoms with van der Waals surface area (Å²) in [6.07, 6.45) is 1.42. The molecule has 132 valence electrons. The van der Waals surface area contributed by atoms with E-state index in [-0.39, 0.29) is 11.8 Å². The zero-order valence-corrected chi connectivity index (χ0v) is 14.5. The fourth-order valence-corrected chi connectivity index (χ4v) is 3.08. The molecular formula is C20H25N3O2. The molecule has 3 rings (SSSR count). The number of nitrogens with zero attached hydrogens (tertiary/aromatic N) is 1. The van der Waals surface area contributed by atoms with Gasteiger partial charge in [-0.3, -0.25) is 4.79 Å². The zero-order chi connectivity index (χ0) is 17.6. The van der Waals surface area contributed by atoms with Crippen molar-refractivity contribution in [3.8, 4) is 0 Å². The lowest BCUT2D eigenvalue weighted by Gasteiger charge is -2.32. The number of amides is 1. The number of aliphatic hydroxyl groups excluding tert-OH is 1. The lowest BCUT2D eigenvalue weighted by Crippen LogP contribution is -2.38. The molecular weight excluding hydrogens is 314 g/mol. The van der Waals surface area contributed by atoms with Crippen molar-refractivity contribution in [2.24, 2.45) is 5.92 Å². The molecule has 0 radical (unpaired) electrons. The molecule has 1 aliphatic rings. The fraction of sp³-hybridized carbons (Fsp3) is 0.350. The summed E-state index contributed by atoms with van der Waals surface area (Å²) in [5.41, 5.74) is 2.18. The molecule has 0 aromatic heterocycles. The van der Waals surface area contributed by atoms with Gasteiger partial charge in [0.05, 0.1) is 0 Å². The number of rotatable bonds is 5. The molecule has 3 N–H and O–H groups in total.